The van der Waals surface area contributed by atoms with Crippen molar-refractivity contribution in [1.82, 2.24) is 15.0 Å². The molecule has 0 radical (unpaired) electrons. The van der Waals surface area contributed by atoms with Crippen LogP contribution in [0.5, 0.6) is 0 Å². The zero-order valence-electron chi connectivity index (χ0n) is 9.70. The Kier molecular flexibility index (Phi) is 2.88. The topological polar surface area (TPSA) is 38.7 Å². The lowest BCUT2D eigenvalue weighted by Crippen LogP contribution is -2.27. The molecule has 0 amide bonds. The molecule has 1 heterocycles. The highest BCUT2D eigenvalue weighted by atomic mass is 15.0. The van der Waals surface area contributed by atoms with Crippen LogP contribution in [0.2, 0.25) is 0 Å². The predicted molar refractivity (Wildman–Crippen MR) is 56.9 cm³/mol. The number of rotatable bonds is 2. The summed E-state index contributed by atoms with van der Waals surface area (Å²) in [5.41, 5.74) is 0.303. The van der Waals surface area contributed by atoms with E-state index in [0.717, 1.165) is 12.2 Å². The second-order valence-corrected chi connectivity index (χ2v) is 5.58. The van der Waals surface area contributed by atoms with Gasteiger partial charge in [-0.05, 0) is 11.8 Å². The van der Waals surface area contributed by atoms with E-state index in [1.165, 1.54) is 0 Å². The van der Waals surface area contributed by atoms with Gasteiger partial charge in [0.15, 0.2) is 0 Å². The summed E-state index contributed by atoms with van der Waals surface area (Å²) in [5.74, 6) is 0.877. The van der Waals surface area contributed by atoms with Crippen molar-refractivity contribution < 1.29 is 0 Å². The van der Waals surface area contributed by atoms with Crippen LogP contribution in [0, 0.1) is 5.41 Å². The van der Waals surface area contributed by atoms with E-state index in [1.807, 2.05) is 0 Å². The molecular formula is C11H19N3. The first-order chi connectivity index (χ1) is 6.31. The van der Waals surface area contributed by atoms with Crippen LogP contribution in [-0.4, -0.2) is 15.0 Å². The maximum absolute atomic E-state index is 4.21. The third kappa shape index (κ3) is 3.05. The molecule has 1 aromatic heterocycles. The van der Waals surface area contributed by atoms with Gasteiger partial charge in [-0.25, -0.2) is 15.0 Å². The highest BCUT2D eigenvalue weighted by Crippen LogP contribution is 2.33. The number of hydrogen-bond donors (Lipinski definition) is 0. The van der Waals surface area contributed by atoms with Crippen molar-refractivity contribution in [3.05, 3.63) is 18.5 Å². The molecular weight excluding hydrogens is 174 g/mol. The van der Waals surface area contributed by atoms with Crippen molar-refractivity contribution in [2.75, 3.05) is 0 Å². The predicted octanol–water partition coefficient (Wildman–Crippen LogP) is 2.59. The van der Waals surface area contributed by atoms with E-state index in [0.29, 0.717) is 0 Å². The molecule has 0 bridgehead atoms. The van der Waals surface area contributed by atoms with Gasteiger partial charge in [0.1, 0.15) is 18.5 Å². The number of nitrogens with zero attached hydrogens (tertiary/aromatic N) is 3. The SMILES string of the molecule is CC(C)(C)CC(C)(C)c1ncncn1. The highest BCUT2D eigenvalue weighted by molar-refractivity contribution is 5.02. The summed E-state index contributed by atoms with van der Waals surface area (Å²) in [5, 5.41) is 0. The molecule has 0 fully saturated rings. The second-order valence-electron chi connectivity index (χ2n) is 5.58. The molecule has 0 N–H and O–H groups in total. The van der Waals surface area contributed by atoms with Crippen molar-refractivity contribution in [3.8, 4) is 0 Å². The molecule has 0 aliphatic rings. The Balaban J connectivity index is 2.86. The summed E-state index contributed by atoms with van der Waals surface area (Å²) < 4.78 is 0. The Hall–Kier alpha value is -0.990. The lowest BCUT2D eigenvalue weighted by Gasteiger charge is -2.30. The summed E-state index contributed by atoms with van der Waals surface area (Å²) in [6.07, 6.45) is 4.18. The van der Waals surface area contributed by atoms with Crippen molar-refractivity contribution in [2.24, 2.45) is 5.41 Å². The van der Waals surface area contributed by atoms with Crippen LogP contribution in [-0.2, 0) is 5.41 Å². The smallest absolute Gasteiger partial charge is 0.137 e. The van der Waals surface area contributed by atoms with Gasteiger partial charge < -0.3 is 0 Å². The van der Waals surface area contributed by atoms with Crippen LogP contribution in [0.3, 0.4) is 0 Å². The maximum Gasteiger partial charge on any atom is 0.137 e. The van der Waals surface area contributed by atoms with Gasteiger partial charge in [-0.3, -0.25) is 0 Å². The average molecular weight is 193 g/mol. The molecule has 0 saturated carbocycles. The Morgan fingerprint density at radius 2 is 1.50 bits per heavy atom. The van der Waals surface area contributed by atoms with Gasteiger partial charge in [0, 0.05) is 5.41 Å². The van der Waals surface area contributed by atoms with Crippen LogP contribution in [0.4, 0.5) is 0 Å². The quantitative estimate of drug-likeness (QED) is 0.724. The van der Waals surface area contributed by atoms with Gasteiger partial charge in [-0.15, -0.1) is 0 Å². The molecule has 14 heavy (non-hydrogen) atoms. The third-order valence-corrected chi connectivity index (χ3v) is 2.07. The second kappa shape index (κ2) is 3.64. The van der Waals surface area contributed by atoms with Gasteiger partial charge in [-0.1, -0.05) is 34.6 Å². The molecule has 0 spiro atoms. The molecule has 1 aromatic rings. The Labute approximate surface area is 86.0 Å². The largest absolute Gasteiger partial charge is 0.225 e. The van der Waals surface area contributed by atoms with E-state index in [2.05, 4.69) is 49.6 Å². The zero-order valence-corrected chi connectivity index (χ0v) is 9.70. The van der Waals surface area contributed by atoms with E-state index in [9.17, 15) is 0 Å². The van der Waals surface area contributed by atoms with Gasteiger partial charge >= 0.3 is 0 Å². The Morgan fingerprint density at radius 3 is 1.93 bits per heavy atom. The minimum Gasteiger partial charge on any atom is -0.225 e. The van der Waals surface area contributed by atoms with Gasteiger partial charge in [-0.2, -0.15) is 0 Å². The Bertz CT molecular complexity index is 285. The maximum atomic E-state index is 4.21. The first-order valence-corrected chi connectivity index (χ1v) is 4.94. The first-order valence-electron chi connectivity index (χ1n) is 4.94. The minimum absolute atomic E-state index is 0.0151. The summed E-state index contributed by atoms with van der Waals surface area (Å²) in [7, 11) is 0. The van der Waals surface area contributed by atoms with Crippen molar-refractivity contribution in [2.45, 2.75) is 46.5 Å². The van der Waals surface area contributed by atoms with E-state index in [1.54, 1.807) is 12.7 Å². The summed E-state index contributed by atoms with van der Waals surface area (Å²) in [6, 6.07) is 0. The monoisotopic (exact) mass is 193 g/mol. The zero-order chi connectivity index (χ0) is 10.8. The van der Waals surface area contributed by atoms with Crippen molar-refractivity contribution in [1.29, 1.82) is 0 Å². The fraction of sp³-hybridized carbons (Fsp3) is 0.727. The van der Waals surface area contributed by atoms with Crippen LogP contribution in [0.1, 0.15) is 46.9 Å². The van der Waals surface area contributed by atoms with Crippen LogP contribution in [0.15, 0.2) is 12.7 Å². The molecule has 0 aliphatic heterocycles. The van der Waals surface area contributed by atoms with Crippen LogP contribution in [0.25, 0.3) is 0 Å². The third-order valence-electron chi connectivity index (χ3n) is 2.07. The Morgan fingerprint density at radius 1 is 1.00 bits per heavy atom. The van der Waals surface area contributed by atoms with Crippen LogP contribution >= 0.6 is 0 Å². The first kappa shape index (κ1) is 11.1. The standard InChI is InChI=1S/C11H19N3/c1-10(2,3)6-11(4,5)9-13-7-12-8-14-9/h7-8H,6H2,1-5H3. The average Bonchev–Trinajstić information content (AvgIpc) is 2.01. The summed E-state index contributed by atoms with van der Waals surface area (Å²) in [6.45, 7) is 11.0. The van der Waals surface area contributed by atoms with E-state index in [-0.39, 0.29) is 10.8 Å². The lowest BCUT2D eigenvalue weighted by molar-refractivity contribution is 0.274. The van der Waals surface area contributed by atoms with E-state index < -0.39 is 0 Å². The molecule has 0 aliphatic carbocycles. The van der Waals surface area contributed by atoms with Gasteiger partial charge in [0.25, 0.3) is 0 Å². The normalized spacial score (nSPS) is 12.9. The minimum atomic E-state index is 0.0151. The molecule has 3 heteroatoms. The van der Waals surface area contributed by atoms with E-state index in [4.69, 9.17) is 0 Å². The number of hydrogen-bond acceptors (Lipinski definition) is 3. The highest BCUT2D eigenvalue weighted by Gasteiger charge is 2.29. The van der Waals surface area contributed by atoms with E-state index >= 15 is 0 Å². The molecule has 0 atom stereocenters. The number of aromatic nitrogens is 3. The molecule has 1 rings (SSSR count). The fourth-order valence-electron chi connectivity index (χ4n) is 1.99. The molecule has 78 valence electrons. The van der Waals surface area contributed by atoms with Crippen LogP contribution < -0.4 is 0 Å². The molecule has 0 saturated heterocycles. The van der Waals surface area contributed by atoms with Gasteiger partial charge in [0.2, 0.25) is 0 Å². The summed E-state index contributed by atoms with van der Waals surface area (Å²) in [4.78, 5) is 12.3. The fourth-order valence-corrected chi connectivity index (χ4v) is 1.99. The molecule has 0 aromatic carbocycles. The lowest BCUT2D eigenvalue weighted by atomic mass is 9.76. The summed E-state index contributed by atoms with van der Waals surface area (Å²) >= 11 is 0. The molecule has 3 nitrogen and oxygen atoms in total. The van der Waals surface area contributed by atoms with Crippen molar-refractivity contribution >= 4 is 0 Å². The molecule has 0 unspecified atom stereocenters. The van der Waals surface area contributed by atoms with Gasteiger partial charge in [0.05, 0.1) is 0 Å². The van der Waals surface area contributed by atoms with Crippen molar-refractivity contribution in [3.63, 3.8) is 0 Å².